The van der Waals surface area contributed by atoms with Crippen LogP contribution in [0.15, 0.2) is 71.7 Å². The van der Waals surface area contributed by atoms with E-state index in [4.69, 9.17) is 11.6 Å². The van der Waals surface area contributed by atoms with Gasteiger partial charge in [-0.05, 0) is 18.1 Å². The fraction of sp³-hybridized carbons (Fsp3) is 0.304. The van der Waals surface area contributed by atoms with Crippen LogP contribution < -0.4 is 10.5 Å². The van der Waals surface area contributed by atoms with Crippen LogP contribution in [0, 0.1) is 0 Å². The predicted octanol–water partition coefficient (Wildman–Crippen LogP) is 3.83. The van der Waals surface area contributed by atoms with Gasteiger partial charge in [0.2, 0.25) is 0 Å². The smallest absolute Gasteiger partial charge is 0.287 e. The molecule has 3 aromatic rings. The van der Waals surface area contributed by atoms with E-state index in [1.807, 2.05) is 6.92 Å². The molecule has 0 aliphatic carbocycles. The molecule has 0 spiro atoms. The number of benzene rings is 2. The minimum Gasteiger partial charge on any atom is -0.366 e. The highest BCUT2D eigenvalue weighted by Gasteiger charge is 2.27. The summed E-state index contributed by atoms with van der Waals surface area (Å²) in [5, 5.41) is 4.51. The van der Waals surface area contributed by atoms with Gasteiger partial charge in [-0.1, -0.05) is 72.3 Å². The number of hydrogen-bond donors (Lipinski definition) is 0. The Kier molecular flexibility index (Phi) is 5.97. The van der Waals surface area contributed by atoms with Crippen LogP contribution >= 0.6 is 11.6 Å². The van der Waals surface area contributed by atoms with Crippen molar-refractivity contribution in [3.8, 4) is 0 Å². The summed E-state index contributed by atoms with van der Waals surface area (Å²) in [4.78, 5) is 17.0. The van der Waals surface area contributed by atoms with Gasteiger partial charge in [0.1, 0.15) is 5.02 Å². The summed E-state index contributed by atoms with van der Waals surface area (Å²) in [6, 6.07) is 21.4. The third-order valence-electron chi connectivity index (χ3n) is 5.52. The van der Waals surface area contributed by atoms with E-state index in [9.17, 15) is 4.79 Å². The lowest BCUT2D eigenvalue weighted by atomic mass is 9.96. The van der Waals surface area contributed by atoms with Crippen molar-refractivity contribution in [2.75, 3.05) is 31.1 Å². The Bertz CT molecular complexity index is 959. The normalized spacial score (nSPS) is 15.1. The molecule has 5 nitrogen and oxygen atoms in total. The minimum absolute atomic E-state index is 0.209. The summed E-state index contributed by atoms with van der Waals surface area (Å²) < 4.78 is 1.39. The summed E-state index contributed by atoms with van der Waals surface area (Å²) in [5.41, 5.74) is 3.09. The topological polar surface area (TPSA) is 41.4 Å². The highest BCUT2D eigenvalue weighted by atomic mass is 35.5. The minimum atomic E-state index is -0.222. The van der Waals surface area contributed by atoms with Gasteiger partial charge in [-0.25, -0.2) is 4.68 Å². The van der Waals surface area contributed by atoms with Gasteiger partial charge < -0.3 is 4.90 Å². The molecule has 29 heavy (non-hydrogen) atoms. The van der Waals surface area contributed by atoms with Gasteiger partial charge >= 0.3 is 0 Å². The molecule has 4 rings (SSSR count). The molecule has 2 heterocycles. The van der Waals surface area contributed by atoms with Crippen LogP contribution in [-0.2, 0) is 6.54 Å². The molecule has 0 amide bonds. The predicted molar refractivity (Wildman–Crippen MR) is 118 cm³/mol. The fourth-order valence-corrected chi connectivity index (χ4v) is 4.27. The first-order valence-corrected chi connectivity index (χ1v) is 10.4. The van der Waals surface area contributed by atoms with E-state index in [-0.39, 0.29) is 16.6 Å². The second-order valence-electron chi connectivity index (χ2n) is 7.21. The molecule has 1 aromatic heterocycles. The molecule has 0 radical (unpaired) electrons. The Morgan fingerprint density at radius 2 is 1.48 bits per heavy atom. The lowest BCUT2D eigenvalue weighted by Gasteiger charge is -2.40. The molecule has 0 bridgehead atoms. The van der Waals surface area contributed by atoms with Gasteiger partial charge in [-0.3, -0.25) is 9.69 Å². The Morgan fingerprint density at radius 1 is 0.931 bits per heavy atom. The lowest BCUT2D eigenvalue weighted by Crippen LogP contribution is -2.48. The number of aryl methyl sites for hydroxylation is 1. The van der Waals surface area contributed by atoms with E-state index in [2.05, 4.69) is 75.6 Å². The molecule has 1 saturated heterocycles. The van der Waals surface area contributed by atoms with Crippen molar-refractivity contribution < 1.29 is 0 Å². The number of hydrogen-bond acceptors (Lipinski definition) is 4. The SMILES string of the molecule is CCn1ncc(N2CCN(C(c3ccccc3)c3ccccc3)CC2)c(Cl)c1=O. The van der Waals surface area contributed by atoms with Crippen LogP contribution in [-0.4, -0.2) is 40.9 Å². The highest BCUT2D eigenvalue weighted by Crippen LogP contribution is 2.31. The summed E-state index contributed by atoms with van der Waals surface area (Å²) in [7, 11) is 0. The first-order chi connectivity index (χ1) is 14.2. The van der Waals surface area contributed by atoms with Crippen LogP contribution in [0.2, 0.25) is 5.02 Å². The standard InChI is InChI=1S/C23H25ClN4O/c1-2-28-23(29)21(24)20(17-25-28)26-13-15-27(16-14-26)22(18-9-5-3-6-10-18)19-11-7-4-8-12-19/h3-12,17,22H,2,13-16H2,1H3. The molecular weight excluding hydrogens is 384 g/mol. The largest absolute Gasteiger partial charge is 0.366 e. The van der Waals surface area contributed by atoms with Gasteiger partial charge in [0.15, 0.2) is 0 Å². The van der Waals surface area contributed by atoms with E-state index in [0.29, 0.717) is 6.54 Å². The average Bonchev–Trinajstić information content (AvgIpc) is 2.78. The Morgan fingerprint density at radius 3 is 2.00 bits per heavy atom. The lowest BCUT2D eigenvalue weighted by molar-refractivity contribution is 0.212. The molecule has 0 atom stereocenters. The number of nitrogens with zero attached hydrogens (tertiary/aromatic N) is 4. The van der Waals surface area contributed by atoms with E-state index in [0.717, 1.165) is 31.9 Å². The first-order valence-electron chi connectivity index (χ1n) is 10.0. The number of halogens is 1. The molecule has 0 unspecified atom stereocenters. The maximum absolute atomic E-state index is 12.3. The Hall–Kier alpha value is -2.63. The Balaban J connectivity index is 1.56. The number of aromatic nitrogens is 2. The third kappa shape index (κ3) is 4.07. The van der Waals surface area contributed by atoms with Gasteiger partial charge in [0.25, 0.3) is 5.56 Å². The highest BCUT2D eigenvalue weighted by molar-refractivity contribution is 6.33. The van der Waals surface area contributed by atoms with Crippen LogP contribution in [0.25, 0.3) is 0 Å². The number of rotatable bonds is 5. The summed E-state index contributed by atoms with van der Waals surface area (Å²) in [6.07, 6.45) is 1.72. The fourth-order valence-electron chi connectivity index (χ4n) is 4.01. The number of piperazine rings is 1. The molecule has 1 aliphatic rings. The molecule has 0 saturated carbocycles. The van der Waals surface area contributed by atoms with Gasteiger partial charge in [-0.2, -0.15) is 5.10 Å². The maximum Gasteiger partial charge on any atom is 0.287 e. The van der Waals surface area contributed by atoms with Crippen LogP contribution in [0.5, 0.6) is 0 Å². The monoisotopic (exact) mass is 408 g/mol. The molecule has 6 heteroatoms. The second-order valence-corrected chi connectivity index (χ2v) is 7.59. The third-order valence-corrected chi connectivity index (χ3v) is 5.87. The van der Waals surface area contributed by atoms with Crippen molar-refractivity contribution >= 4 is 17.3 Å². The van der Waals surface area contributed by atoms with E-state index >= 15 is 0 Å². The van der Waals surface area contributed by atoms with E-state index < -0.39 is 0 Å². The molecule has 1 fully saturated rings. The first kappa shape index (κ1) is 19.7. The summed E-state index contributed by atoms with van der Waals surface area (Å²) in [6.45, 7) is 5.75. The quantitative estimate of drug-likeness (QED) is 0.643. The summed E-state index contributed by atoms with van der Waals surface area (Å²) in [5.74, 6) is 0. The zero-order valence-corrected chi connectivity index (χ0v) is 17.3. The molecular formula is C23H25ClN4O. The van der Waals surface area contributed by atoms with Gasteiger partial charge in [0, 0.05) is 32.7 Å². The Labute approximate surface area is 176 Å². The van der Waals surface area contributed by atoms with Crippen molar-refractivity contribution in [2.45, 2.75) is 19.5 Å². The van der Waals surface area contributed by atoms with Crippen LogP contribution in [0.4, 0.5) is 5.69 Å². The molecule has 150 valence electrons. The molecule has 0 N–H and O–H groups in total. The van der Waals surface area contributed by atoms with Crippen molar-refractivity contribution in [3.63, 3.8) is 0 Å². The van der Waals surface area contributed by atoms with E-state index in [1.54, 1.807) is 6.20 Å². The van der Waals surface area contributed by atoms with Crippen molar-refractivity contribution in [1.82, 2.24) is 14.7 Å². The van der Waals surface area contributed by atoms with E-state index in [1.165, 1.54) is 15.8 Å². The zero-order valence-electron chi connectivity index (χ0n) is 16.5. The average molecular weight is 409 g/mol. The zero-order chi connectivity index (χ0) is 20.2. The summed E-state index contributed by atoms with van der Waals surface area (Å²) >= 11 is 6.37. The van der Waals surface area contributed by atoms with Gasteiger partial charge in [0.05, 0.1) is 17.9 Å². The maximum atomic E-state index is 12.3. The van der Waals surface area contributed by atoms with Gasteiger partial charge in [-0.15, -0.1) is 0 Å². The molecule has 2 aromatic carbocycles. The van der Waals surface area contributed by atoms with Crippen molar-refractivity contribution in [2.24, 2.45) is 0 Å². The van der Waals surface area contributed by atoms with Crippen molar-refractivity contribution in [3.05, 3.63) is 93.4 Å². The van der Waals surface area contributed by atoms with Crippen molar-refractivity contribution in [1.29, 1.82) is 0 Å². The van der Waals surface area contributed by atoms with Crippen LogP contribution in [0.1, 0.15) is 24.1 Å². The van der Waals surface area contributed by atoms with Crippen LogP contribution in [0.3, 0.4) is 0 Å². The molecule has 1 aliphatic heterocycles. The second kappa shape index (κ2) is 8.80. The number of anilines is 1.